The molecular weight excluding hydrogens is 368 g/mol. The van der Waals surface area contributed by atoms with Gasteiger partial charge in [-0.2, -0.15) is 0 Å². The molecule has 7 nitrogen and oxygen atoms in total. The van der Waals surface area contributed by atoms with Crippen LogP contribution in [0.1, 0.15) is 24.5 Å². The summed E-state index contributed by atoms with van der Waals surface area (Å²) in [7, 11) is -3.82. The molecule has 1 heterocycles. The van der Waals surface area contributed by atoms with Crippen LogP contribution in [0.4, 0.5) is 0 Å². The molecule has 0 saturated carbocycles. The van der Waals surface area contributed by atoms with Gasteiger partial charge in [-0.25, -0.2) is 13.9 Å². The summed E-state index contributed by atoms with van der Waals surface area (Å²) in [5.74, 6) is 4.81. The van der Waals surface area contributed by atoms with E-state index in [-0.39, 0.29) is 18.5 Å². The van der Waals surface area contributed by atoms with Crippen molar-refractivity contribution >= 4 is 15.7 Å². The Morgan fingerprint density at radius 1 is 1.19 bits per heavy atom. The van der Waals surface area contributed by atoms with E-state index in [0.29, 0.717) is 5.56 Å². The van der Waals surface area contributed by atoms with Gasteiger partial charge in [0.25, 0.3) is 11.5 Å². The van der Waals surface area contributed by atoms with E-state index in [1.165, 1.54) is 29.2 Å². The molecule has 0 aliphatic carbocycles. The summed E-state index contributed by atoms with van der Waals surface area (Å²) in [5, 5.41) is 8.83. The van der Waals surface area contributed by atoms with Crippen LogP contribution in [0.3, 0.4) is 0 Å². The van der Waals surface area contributed by atoms with Crippen LogP contribution < -0.4 is 11.0 Å². The Balaban J connectivity index is 2.20. The van der Waals surface area contributed by atoms with Crippen LogP contribution in [0.25, 0.3) is 0 Å². The highest BCUT2D eigenvalue weighted by Gasteiger charge is 2.43. The van der Waals surface area contributed by atoms with Crippen LogP contribution in [0.2, 0.25) is 0 Å². The van der Waals surface area contributed by atoms with Gasteiger partial charge in [-0.05, 0) is 31.5 Å². The number of sulfone groups is 1. The van der Waals surface area contributed by atoms with Gasteiger partial charge >= 0.3 is 0 Å². The van der Waals surface area contributed by atoms with Gasteiger partial charge in [-0.1, -0.05) is 30.0 Å². The smallest absolute Gasteiger partial charge is 0.264 e. The van der Waals surface area contributed by atoms with Crippen molar-refractivity contribution in [2.24, 2.45) is 0 Å². The Morgan fingerprint density at radius 2 is 1.81 bits per heavy atom. The average molecular weight is 388 g/mol. The predicted molar refractivity (Wildman–Crippen MR) is 101 cm³/mol. The van der Waals surface area contributed by atoms with Gasteiger partial charge in [0.2, 0.25) is 0 Å². The number of benzene rings is 1. The third-order valence-corrected chi connectivity index (χ3v) is 6.38. The molecule has 0 fully saturated rings. The van der Waals surface area contributed by atoms with Crippen LogP contribution in [-0.2, 0) is 21.2 Å². The van der Waals surface area contributed by atoms with Crippen LogP contribution in [0, 0.1) is 11.8 Å². The van der Waals surface area contributed by atoms with E-state index in [9.17, 15) is 18.0 Å². The molecule has 0 saturated heterocycles. The summed E-state index contributed by atoms with van der Waals surface area (Å²) in [6.45, 7) is 1.20. The minimum absolute atomic E-state index is 0.0117. The van der Waals surface area contributed by atoms with Gasteiger partial charge in [0.1, 0.15) is 0 Å². The van der Waals surface area contributed by atoms with Crippen molar-refractivity contribution < 1.29 is 18.4 Å². The van der Waals surface area contributed by atoms with Crippen molar-refractivity contribution in [2.75, 3.05) is 6.26 Å². The Labute approximate surface area is 157 Å². The fourth-order valence-corrected chi connectivity index (χ4v) is 3.20. The molecule has 0 unspecified atom stereocenters. The lowest BCUT2D eigenvalue weighted by atomic mass is 10.1. The molecule has 0 spiro atoms. The van der Waals surface area contributed by atoms with Crippen molar-refractivity contribution in [3.05, 3.63) is 70.1 Å². The minimum atomic E-state index is -3.82. The third-order valence-electron chi connectivity index (χ3n) is 4.35. The van der Waals surface area contributed by atoms with Crippen molar-refractivity contribution in [3.63, 3.8) is 0 Å². The zero-order chi connectivity index (χ0) is 20.1. The maximum Gasteiger partial charge on any atom is 0.264 e. The SMILES string of the molecule is C[C@@](CCn1ccc(C#Cc2ccccc2)cc1=O)(C(=O)NO)S(C)(=O)=O. The van der Waals surface area contributed by atoms with Gasteiger partial charge in [-0.15, -0.1) is 0 Å². The first-order chi connectivity index (χ1) is 12.7. The summed E-state index contributed by atoms with van der Waals surface area (Å²) < 4.78 is 23.4. The molecule has 8 heteroatoms. The molecule has 142 valence electrons. The fourth-order valence-electron chi connectivity index (χ4n) is 2.36. The van der Waals surface area contributed by atoms with Gasteiger partial charge in [-0.3, -0.25) is 14.8 Å². The number of nitrogens with zero attached hydrogens (tertiary/aromatic N) is 1. The molecule has 1 atom stereocenters. The molecule has 1 amide bonds. The van der Waals surface area contributed by atoms with Crippen molar-refractivity contribution in [1.82, 2.24) is 10.0 Å². The second-order valence-corrected chi connectivity index (χ2v) is 8.70. The molecular formula is C19H20N2O5S. The highest BCUT2D eigenvalue weighted by Crippen LogP contribution is 2.21. The summed E-state index contributed by atoms with van der Waals surface area (Å²) in [5.41, 5.74) is 2.36. The minimum Gasteiger partial charge on any atom is -0.315 e. The Morgan fingerprint density at radius 3 is 2.37 bits per heavy atom. The molecule has 2 aromatic rings. The second-order valence-electron chi connectivity index (χ2n) is 6.26. The Hall–Kier alpha value is -2.89. The summed E-state index contributed by atoms with van der Waals surface area (Å²) in [6.07, 6.45) is 2.23. The van der Waals surface area contributed by atoms with E-state index in [2.05, 4.69) is 11.8 Å². The molecule has 0 aliphatic rings. The first-order valence-electron chi connectivity index (χ1n) is 8.09. The lowest BCUT2D eigenvalue weighted by Gasteiger charge is -2.25. The number of carbonyl (C=O) groups excluding carboxylic acids is 1. The predicted octanol–water partition coefficient (Wildman–Crippen LogP) is 0.947. The summed E-state index contributed by atoms with van der Waals surface area (Å²) >= 11 is 0. The molecule has 2 N–H and O–H groups in total. The molecule has 1 aromatic heterocycles. The van der Waals surface area contributed by atoms with E-state index >= 15 is 0 Å². The maximum atomic E-state index is 12.3. The molecule has 0 radical (unpaired) electrons. The highest BCUT2D eigenvalue weighted by atomic mass is 32.2. The number of aryl methyl sites for hydroxylation is 1. The lowest BCUT2D eigenvalue weighted by molar-refractivity contribution is -0.131. The number of nitrogens with one attached hydrogen (secondary N) is 1. The number of rotatable bonds is 5. The number of amides is 1. The van der Waals surface area contributed by atoms with Crippen LogP contribution in [0.15, 0.2) is 53.5 Å². The number of pyridine rings is 1. The molecule has 0 aliphatic heterocycles. The molecule has 27 heavy (non-hydrogen) atoms. The van der Waals surface area contributed by atoms with E-state index in [4.69, 9.17) is 5.21 Å². The first-order valence-corrected chi connectivity index (χ1v) is 9.98. The second kappa shape index (κ2) is 8.20. The number of aromatic nitrogens is 1. The van der Waals surface area contributed by atoms with Crippen molar-refractivity contribution in [3.8, 4) is 11.8 Å². The topological polar surface area (TPSA) is 105 Å². The van der Waals surface area contributed by atoms with Gasteiger partial charge in [0, 0.05) is 36.2 Å². The van der Waals surface area contributed by atoms with E-state index < -0.39 is 20.5 Å². The normalized spacial score (nSPS) is 13.1. The average Bonchev–Trinajstić information content (AvgIpc) is 2.64. The quantitative estimate of drug-likeness (QED) is 0.451. The largest absolute Gasteiger partial charge is 0.315 e. The van der Waals surface area contributed by atoms with Gasteiger partial charge < -0.3 is 4.57 Å². The van der Waals surface area contributed by atoms with Crippen LogP contribution in [0.5, 0.6) is 0 Å². The monoisotopic (exact) mass is 388 g/mol. The summed E-state index contributed by atoms with van der Waals surface area (Å²) in [4.78, 5) is 24.1. The van der Waals surface area contributed by atoms with Crippen LogP contribution in [-0.4, -0.2) is 35.1 Å². The number of hydrogen-bond acceptors (Lipinski definition) is 5. The lowest BCUT2D eigenvalue weighted by Crippen LogP contribution is -2.49. The maximum absolute atomic E-state index is 12.3. The zero-order valence-electron chi connectivity index (χ0n) is 15.0. The fraction of sp³-hybridized carbons (Fsp3) is 0.263. The number of hydrogen-bond donors (Lipinski definition) is 2. The molecule has 2 rings (SSSR count). The van der Waals surface area contributed by atoms with Gasteiger partial charge in [0.05, 0.1) is 0 Å². The standard InChI is InChI=1S/C19H20N2O5S/c1-19(18(23)20-24,27(2,25)26)11-13-21-12-10-16(14-17(21)22)9-8-15-6-4-3-5-7-15/h3-7,10,12,14,24H,11,13H2,1-2H3,(H,20,23)/t19-/m1/s1. The molecule has 0 bridgehead atoms. The summed E-state index contributed by atoms with van der Waals surface area (Å²) in [6, 6.07) is 12.3. The zero-order valence-corrected chi connectivity index (χ0v) is 15.8. The Kier molecular flexibility index (Phi) is 6.20. The number of carbonyl (C=O) groups is 1. The van der Waals surface area contributed by atoms with E-state index in [1.54, 1.807) is 6.07 Å². The van der Waals surface area contributed by atoms with Crippen molar-refractivity contribution in [1.29, 1.82) is 0 Å². The highest BCUT2D eigenvalue weighted by molar-refractivity contribution is 7.92. The van der Waals surface area contributed by atoms with Crippen LogP contribution >= 0.6 is 0 Å². The van der Waals surface area contributed by atoms with E-state index in [0.717, 1.165) is 11.8 Å². The van der Waals surface area contributed by atoms with E-state index in [1.807, 2.05) is 30.3 Å². The molecule has 1 aromatic carbocycles. The van der Waals surface area contributed by atoms with Crippen molar-refractivity contribution in [2.45, 2.75) is 24.6 Å². The third kappa shape index (κ3) is 4.84. The first kappa shape index (κ1) is 20.4. The van der Waals surface area contributed by atoms with Gasteiger partial charge in [0.15, 0.2) is 14.6 Å². The number of hydroxylamine groups is 1. The Bertz CT molecular complexity index is 1050.